The minimum atomic E-state index is -0.264. The minimum Gasteiger partial charge on any atom is -0.497 e. The molecule has 0 saturated carbocycles. The monoisotopic (exact) mass is 353 g/mol. The van der Waals surface area contributed by atoms with Gasteiger partial charge in [0.15, 0.2) is 0 Å². The Kier molecular flexibility index (Phi) is 5.07. The molecule has 0 aliphatic rings. The lowest BCUT2D eigenvalue weighted by atomic mass is 10.1. The van der Waals surface area contributed by atoms with Gasteiger partial charge in [-0.2, -0.15) is 0 Å². The van der Waals surface area contributed by atoms with Crippen molar-refractivity contribution in [3.05, 3.63) is 51.7 Å². The Hall–Kier alpha value is -1.75. The Bertz CT molecular complexity index is 646. The summed E-state index contributed by atoms with van der Waals surface area (Å²) >= 11 is 3.20. The fraction of sp³-hybridized carbons (Fsp3) is 0.250. The maximum atomic E-state index is 13.4. The van der Waals surface area contributed by atoms with E-state index in [0.29, 0.717) is 11.0 Å². The molecule has 0 saturated heterocycles. The molecule has 0 radical (unpaired) electrons. The third-order valence-electron chi connectivity index (χ3n) is 3.23. The summed E-state index contributed by atoms with van der Waals surface area (Å²) in [5, 5.41) is 3.29. The zero-order valence-corrected chi connectivity index (χ0v) is 13.8. The maximum absolute atomic E-state index is 13.4. The quantitative estimate of drug-likeness (QED) is 0.856. The van der Waals surface area contributed by atoms with E-state index in [2.05, 4.69) is 21.2 Å². The van der Waals surface area contributed by atoms with E-state index in [4.69, 9.17) is 9.47 Å². The van der Waals surface area contributed by atoms with Gasteiger partial charge in [-0.1, -0.05) is 0 Å². The normalized spacial score (nSPS) is 10.3. The van der Waals surface area contributed by atoms with Crippen molar-refractivity contribution in [2.24, 2.45) is 0 Å². The van der Waals surface area contributed by atoms with Gasteiger partial charge < -0.3 is 14.8 Å². The summed E-state index contributed by atoms with van der Waals surface area (Å²) in [5.74, 6) is 1.23. The van der Waals surface area contributed by atoms with E-state index in [1.54, 1.807) is 20.3 Å². The first kappa shape index (κ1) is 15.6. The highest BCUT2D eigenvalue weighted by molar-refractivity contribution is 9.10. The van der Waals surface area contributed by atoms with Crippen LogP contribution in [-0.4, -0.2) is 14.2 Å². The largest absolute Gasteiger partial charge is 0.497 e. The number of nitrogens with one attached hydrogen (secondary N) is 1. The Morgan fingerprint density at radius 2 is 1.90 bits per heavy atom. The number of hydrogen-bond donors (Lipinski definition) is 1. The lowest BCUT2D eigenvalue weighted by Crippen LogP contribution is -2.03. The number of ether oxygens (including phenoxy) is 2. The van der Waals surface area contributed by atoms with Crippen molar-refractivity contribution >= 4 is 21.6 Å². The van der Waals surface area contributed by atoms with Gasteiger partial charge >= 0.3 is 0 Å². The topological polar surface area (TPSA) is 30.5 Å². The van der Waals surface area contributed by atoms with E-state index < -0.39 is 0 Å². The van der Waals surface area contributed by atoms with Crippen molar-refractivity contribution in [1.29, 1.82) is 0 Å². The lowest BCUT2D eigenvalue weighted by Gasteiger charge is -2.14. The lowest BCUT2D eigenvalue weighted by molar-refractivity contribution is 0.391. The van der Waals surface area contributed by atoms with Crippen LogP contribution in [0.15, 0.2) is 34.8 Å². The van der Waals surface area contributed by atoms with Crippen molar-refractivity contribution in [1.82, 2.24) is 0 Å². The van der Waals surface area contributed by atoms with Crippen LogP contribution in [0.2, 0.25) is 0 Å². The molecular formula is C16H17BrFNO2. The summed E-state index contributed by atoms with van der Waals surface area (Å²) in [6.07, 6.45) is 0. The van der Waals surface area contributed by atoms with Gasteiger partial charge in [0.1, 0.15) is 17.3 Å². The predicted octanol–water partition coefficient (Wildman–Crippen LogP) is 4.53. The van der Waals surface area contributed by atoms with Gasteiger partial charge in [-0.15, -0.1) is 0 Å². The molecule has 21 heavy (non-hydrogen) atoms. The molecule has 0 unspecified atom stereocenters. The van der Waals surface area contributed by atoms with E-state index in [9.17, 15) is 4.39 Å². The number of halogens is 2. The van der Waals surface area contributed by atoms with Crippen LogP contribution in [-0.2, 0) is 6.54 Å². The van der Waals surface area contributed by atoms with E-state index >= 15 is 0 Å². The highest BCUT2D eigenvalue weighted by Crippen LogP contribution is 2.28. The summed E-state index contributed by atoms with van der Waals surface area (Å²) in [6.45, 7) is 2.44. The second kappa shape index (κ2) is 6.80. The zero-order valence-electron chi connectivity index (χ0n) is 12.2. The Morgan fingerprint density at radius 1 is 1.14 bits per heavy atom. The molecule has 0 aromatic heterocycles. The third-order valence-corrected chi connectivity index (χ3v) is 3.84. The van der Waals surface area contributed by atoms with Crippen LogP contribution in [0.1, 0.15) is 11.1 Å². The van der Waals surface area contributed by atoms with Gasteiger partial charge in [0.05, 0.1) is 18.7 Å². The van der Waals surface area contributed by atoms with Crippen LogP contribution < -0.4 is 14.8 Å². The predicted molar refractivity (Wildman–Crippen MR) is 85.7 cm³/mol. The summed E-state index contributed by atoms with van der Waals surface area (Å²) in [4.78, 5) is 0. The molecule has 112 valence electrons. The van der Waals surface area contributed by atoms with Gasteiger partial charge in [0.25, 0.3) is 0 Å². The Balaban J connectivity index is 2.18. The summed E-state index contributed by atoms with van der Waals surface area (Å²) < 4.78 is 24.4. The highest BCUT2D eigenvalue weighted by atomic mass is 79.9. The van der Waals surface area contributed by atoms with Crippen molar-refractivity contribution in [3.8, 4) is 11.5 Å². The van der Waals surface area contributed by atoms with E-state index in [-0.39, 0.29) is 5.82 Å². The molecule has 0 aliphatic carbocycles. The molecule has 2 rings (SSSR count). The molecule has 0 spiro atoms. The maximum Gasteiger partial charge on any atom is 0.137 e. The number of anilines is 1. The fourth-order valence-corrected chi connectivity index (χ4v) is 2.37. The van der Waals surface area contributed by atoms with Crippen LogP contribution in [0.4, 0.5) is 10.1 Å². The molecule has 0 amide bonds. The molecule has 0 heterocycles. The standard InChI is InChI=1S/C16H17BrFNO2/c1-10-6-14(18)13(17)8-15(10)19-9-11-4-5-12(20-2)7-16(11)21-3/h4-8,19H,9H2,1-3H3. The van der Waals surface area contributed by atoms with Gasteiger partial charge in [0, 0.05) is 23.9 Å². The molecule has 3 nitrogen and oxygen atoms in total. The molecule has 5 heteroatoms. The summed E-state index contributed by atoms with van der Waals surface area (Å²) in [5.41, 5.74) is 2.72. The van der Waals surface area contributed by atoms with Crippen LogP contribution in [0.5, 0.6) is 11.5 Å². The van der Waals surface area contributed by atoms with Crippen LogP contribution >= 0.6 is 15.9 Å². The van der Waals surface area contributed by atoms with Gasteiger partial charge in [-0.25, -0.2) is 4.39 Å². The third kappa shape index (κ3) is 3.67. The van der Waals surface area contributed by atoms with Gasteiger partial charge in [0.2, 0.25) is 0 Å². The average Bonchev–Trinajstić information content (AvgIpc) is 2.49. The van der Waals surface area contributed by atoms with Crippen molar-refractivity contribution in [2.75, 3.05) is 19.5 Å². The molecule has 1 N–H and O–H groups in total. The van der Waals surface area contributed by atoms with Crippen LogP contribution in [0.3, 0.4) is 0 Å². The second-order valence-corrected chi connectivity index (χ2v) is 5.47. The first-order valence-electron chi connectivity index (χ1n) is 6.45. The van der Waals surface area contributed by atoms with Gasteiger partial charge in [-0.05, 0) is 52.7 Å². The molecular weight excluding hydrogens is 337 g/mol. The van der Waals surface area contributed by atoms with Crippen molar-refractivity contribution < 1.29 is 13.9 Å². The van der Waals surface area contributed by atoms with Crippen molar-refractivity contribution in [3.63, 3.8) is 0 Å². The highest BCUT2D eigenvalue weighted by Gasteiger charge is 2.08. The van der Waals surface area contributed by atoms with Crippen LogP contribution in [0, 0.1) is 12.7 Å². The first-order valence-corrected chi connectivity index (χ1v) is 7.25. The SMILES string of the molecule is COc1ccc(CNc2cc(Br)c(F)cc2C)c(OC)c1. The number of methoxy groups -OCH3 is 2. The average molecular weight is 354 g/mol. The number of benzene rings is 2. The first-order chi connectivity index (χ1) is 10.0. The van der Waals surface area contributed by atoms with Crippen molar-refractivity contribution in [2.45, 2.75) is 13.5 Å². The molecule has 2 aromatic rings. The molecule has 0 aliphatic heterocycles. The summed E-state index contributed by atoms with van der Waals surface area (Å²) in [6, 6.07) is 8.90. The number of hydrogen-bond acceptors (Lipinski definition) is 3. The second-order valence-electron chi connectivity index (χ2n) is 4.61. The molecule has 2 aromatic carbocycles. The van der Waals surface area contributed by atoms with E-state index in [1.165, 1.54) is 6.07 Å². The molecule has 0 fully saturated rings. The molecule has 0 atom stereocenters. The van der Waals surface area contributed by atoms with E-state index in [1.807, 2.05) is 25.1 Å². The Labute approximate surface area is 132 Å². The van der Waals surface area contributed by atoms with E-state index in [0.717, 1.165) is 28.3 Å². The fourth-order valence-electron chi connectivity index (χ4n) is 2.03. The minimum absolute atomic E-state index is 0.264. The molecule has 0 bridgehead atoms. The number of aryl methyl sites for hydroxylation is 1. The Morgan fingerprint density at radius 3 is 2.57 bits per heavy atom. The number of rotatable bonds is 5. The zero-order chi connectivity index (χ0) is 15.4. The smallest absolute Gasteiger partial charge is 0.137 e. The van der Waals surface area contributed by atoms with Crippen LogP contribution in [0.25, 0.3) is 0 Å². The van der Waals surface area contributed by atoms with Gasteiger partial charge in [-0.3, -0.25) is 0 Å². The summed E-state index contributed by atoms with van der Waals surface area (Å²) in [7, 11) is 3.24.